The van der Waals surface area contributed by atoms with Crippen LogP contribution in [0.1, 0.15) is 10.4 Å². The van der Waals surface area contributed by atoms with Crippen molar-refractivity contribution in [3.05, 3.63) is 66.6 Å². The lowest BCUT2D eigenvalue weighted by atomic mass is 10.1. The Morgan fingerprint density at radius 3 is 2.62 bits per heavy atom. The Balaban J connectivity index is 1.77. The molecule has 2 aromatic heterocycles. The standard InChI is InChI=1S/C19H14N4O3/c1-26-15-7-6-14-9-21-23(17(14)8-15)18-11-20-10-16(22-18)12-2-4-13(5-3-12)19(24)25/h2-11H,1H3,(H,24,25). The summed E-state index contributed by atoms with van der Waals surface area (Å²) in [5, 5.41) is 14.4. The number of ether oxygens (including phenoxy) is 1. The van der Waals surface area contributed by atoms with E-state index >= 15 is 0 Å². The molecule has 0 unspecified atom stereocenters. The van der Waals surface area contributed by atoms with E-state index in [-0.39, 0.29) is 5.56 Å². The first kappa shape index (κ1) is 15.8. The van der Waals surface area contributed by atoms with Gasteiger partial charge in [-0.2, -0.15) is 5.10 Å². The van der Waals surface area contributed by atoms with Crippen molar-refractivity contribution in [2.75, 3.05) is 7.11 Å². The Hall–Kier alpha value is -3.74. The van der Waals surface area contributed by atoms with Crippen molar-refractivity contribution in [2.45, 2.75) is 0 Å². The lowest BCUT2D eigenvalue weighted by molar-refractivity contribution is 0.0697. The van der Waals surface area contributed by atoms with Crippen LogP contribution in [0.15, 0.2) is 61.1 Å². The van der Waals surface area contributed by atoms with Crippen LogP contribution in [0.25, 0.3) is 28.0 Å². The van der Waals surface area contributed by atoms with Crippen molar-refractivity contribution in [3.8, 4) is 22.8 Å². The summed E-state index contributed by atoms with van der Waals surface area (Å²) in [6.07, 6.45) is 5.01. The van der Waals surface area contributed by atoms with Crippen LogP contribution in [0.2, 0.25) is 0 Å². The van der Waals surface area contributed by atoms with E-state index in [1.807, 2.05) is 18.2 Å². The molecule has 0 aliphatic carbocycles. The second-order valence-corrected chi connectivity index (χ2v) is 5.63. The van der Waals surface area contributed by atoms with Gasteiger partial charge in [-0.15, -0.1) is 0 Å². The van der Waals surface area contributed by atoms with E-state index in [1.54, 1.807) is 54.6 Å². The predicted octanol–water partition coefficient (Wildman–Crippen LogP) is 3.19. The van der Waals surface area contributed by atoms with Crippen molar-refractivity contribution in [1.82, 2.24) is 19.7 Å². The molecule has 0 amide bonds. The van der Waals surface area contributed by atoms with Gasteiger partial charge in [-0.1, -0.05) is 12.1 Å². The van der Waals surface area contributed by atoms with E-state index in [4.69, 9.17) is 9.84 Å². The fraction of sp³-hybridized carbons (Fsp3) is 0.0526. The molecular weight excluding hydrogens is 332 g/mol. The molecule has 2 aromatic carbocycles. The third kappa shape index (κ3) is 2.75. The van der Waals surface area contributed by atoms with E-state index in [1.165, 1.54) is 0 Å². The van der Waals surface area contributed by atoms with E-state index < -0.39 is 5.97 Å². The summed E-state index contributed by atoms with van der Waals surface area (Å²) in [5.41, 5.74) is 2.49. The molecule has 0 atom stereocenters. The number of hydrogen-bond donors (Lipinski definition) is 1. The molecule has 0 radical (unpaired) electrons. The highest BCUT2D eigenvalue weighted by atomic mass is 16.5. The molecule has 7 nitrogen and oxygen atoms in total. The molecule has 4 aromatic rings. The summed E-state index contributed by atoms with van der Waals surface area (Å²) in [6.45, 7) is 0. The Kier molecular flexibility index (Phi) is 3.81. The Labute approximate surface area is 148 Å². The molecule has 4 rings (SSSR count). The van der Waals surface area contributed by atoms with Crippen molar-refractivity contribution in [2.24, 2.45) is 0 Å². The smallest absolute Gasteiger partial charge is 0.335 e. The number of carboxylic acid groups (broad SMARTS) is 1. The predicted molar refractivity (Wildman–Crippen MR) is 95.6 cm³/mol. The van der Waals surface area contributed by atoms with Crippen LogP contribution in [0.5, 0.6) is 5.75 Å². The van der Waals surface area contributed by atoms with Crippen LogP contribution in [-0.2, 0) is 0 Å². The summed E-state index contributed by atoms with van der Waals surface area (Å²) in [6, 6.07) is 12.2. The molecule has 0 bridgehead atoms. The molecule has 0 aliphatic heterocycles. The van der Waals surface area contributed by atoms with Gasteiger partial charge in [0.2, 0.25) is 0 Å². The molecule has 7 heteroatoms. The molecule has 2 heterocycles. The number of carboxylic acids is 1. The van der Waals surface area contributed by atoms with Gasteiger partial charge in [-0.05, 0) is 24.3 Å². The third-order valence-corrected chi connectivity index (χ3v) is 4.04. The van der Waals surface area contributed by atoms with E-state index in [0.29, 0.717) is 11.5 Å². The van der Waals surface area contributed by atoms with Crippen LogP contribution >= 0.6 is 0 Å². The first-order chi connectivity index (χ1) is 12.7. The number of rotatable bonds is 4. The Morgan fingerprint density at radius 1 is 1.08 bits per heavy atom. The van der Waals surface area contributed by atoms with Crippen molar-refractivity contribution >= 4 is 16.9 Å². The van der Waals surface area contributed by atoms with E-state index in [2.05, 4.69) is 15.1 Å². The monoisotopic (exact) mass is 346 g/mol. The molecule has 1 N–H and O–H groups in total. The highest BCUT2D eigenvalue weighted by Crippen LogP contribution is 2.24. The maximum Gasteiger partial charge on any atom is 0.335 e. The first-order valence-electron chi connectivity index (χ1n) is 7.83. The lowest BCUT2D eigenvalue weighted by Gasteiger charge is -2.06. The topological polar surface area (TPSA) is 90.1 Å². The minimum absolute atomic E-state index is 0.225. The van der Waals surface area contributed by atoms with Gasteiger partial charge in [0, 0.05) is 17.0 Å². The summed E-state index contributed by atoms with van der Waals surface area (Å²) in [5.74, 6) is 0.328. The minimum atomic E-state index is -0.964. The quantitative estimate of drug-likeness (QED) is 0.610. The number of fused-ring (bicyclic) bond motifs is 1. The number of methoxy groups -OCH3 is 1. The van der Waals surface area contributed by atoms with Crippen molar-refractivity contribution < 1.29 is 14.6 Å². The van der Waals surface area contributed by atoms with Gasteiger partial charge in [0.15, 0.2) is 5.82 Å². The van der Waals surface area contributed by atoms with Crippen LogP contribution in [0.3, 0.4) is 0 Å². The normalized spacial score (nSPS) is 10.8. The summed E-state index contributed by atoms with van der Waals surface area (Å²) >= 11 is 0. The third-order valence-electron chi connectivity index (χ3n) is 4.04. The zero-order valence-corrected chi connectivity index (χ0v) is 13.8. The number of aromatic nitrogens is 4. The zero-order chi connectivity index (χ0) is 18.1. The second-order valence-electron chi connectivity index (χ2n) is 5.63. The number of carbonyl (C=O) groups is 1. The fourth-order valence-corrected chi connectivity index (χ4v) is 2.69. The summed E-state index contributed by atoms with van der Waals surface area (Å²) in [4.78, 5) is 19.9. The first-order valence-corrected chi connectivity index (χ1v) is 7.83. The number of aromatic carboxylic acids is 1. The van der Waals surface area contributed by atoms with Gasteiger partial charge in [0.05, 0.1) is 42.5 Å². The van der Waals surface area contributed by atoms with Crippen LogP contribution in [0, 0.1) is 0 Å². The maximum absolute atomic E-state index is 11.0. The second kappa shape index (κ2) is 6.29. The number of nitrogens with zero attached hydrogens (tertiary/aromatic N) is 4. The molecule has 0 spiro atoms. The average Bonchev–Trinajstić information content (AvgIpc) is 3.11. The van der Waals surface area contributed by atoms with Crippen LogP contribution in [0.4, 0.5) is 0 Å². The van der Waals surface area contributed by atoms with Crippen LogP contribution < -0.4 is 4.74 Å². The van der Waals surface area contributed by atoms with E-state index in [0.717, 1.165) is 22.2 Å². The average molecular weight is 346 g/mol. The Morgan fingerprint density at radius 2 is 1.88 bits per heavy atom. The van der Waals surface area contributed by atoms with Gasteiger partial charge < -0.3 is 9.84 Å². The largest absolute Gasteiger partial charge is 0.497 e. The molecule has 26 heavy (non-hydrogen) atoms. The van der Waals surface area contributed by atoms with Gasteiger partial charge in [-0.25, -0.2) is 14.5 Å². The maximum atomic E-state index is 11.0. The molecule has 0 fully saturated rings. The van der Waals surface area contributed by atoms with Gasteiger partial charge in [-0.3, -0.25) is 4.98 Å². The lowest BCUT2D eigenvalue weighted by Crippen LogP contribution is -2.02. The van der Waals surface area contributed by atoms with Gasteiger partial charge in [0.25, 0.3) is 0 Å². The highest BCUT2D eigenvalue weighted by Gasteiger charge is 2.10. The van der Waals surface area contributed by atoms with Gasteiger partial charge >= 0.3 is 5.97 Å². The van der Waals surface area contributed by atoms with Gasteiger partial charge in [0.1, 0.15) is 5.75 Å². The summed E-state index contributed by atoms with van der Waals surface area (Å²) in [7, 11) is 1.61. The number of benzene rings is 2. The molecule has 0 aliphatic rings. The zero-order valence-electron chi connectivity index (χ0n) is 13.8. The Bertz CT molecular complexity index is 1100. The number of hydrogen-bond acceptors (Lipinski definition) is 5. The van der Waals surface area contributed by atoms with Crippen molar-refractivity contribution in [3.63, 3.8) is 0 Å². The molecule has 128 valence electrons. The SMILES string of the molecule is COc1ccc2cnn(-c3cncc(-c4ccc(C(=O)O)cc4)n3)c2c1. The van der Waals surface area contributed by atoms with Crippen LogP contribution in [-0.4, -0.2) is 37.9 Å². The van der Waals surface area contributed by atoms with Crippen molar-refractivity contribution in [1.29, 1.82) is 0 Å². The molecule has 0 saturated carbocycles. The minimum Gasteiger partial charge on any atom is -0.497 e. The fourth-order valence-electron chi connectivity index (χ4n) is 2.69. The molecular formula is C19H14N4O3. The highest BCUT2D eigenvalue weighted by molar-refractivity contribution is 5.88. The summed E-state index contributed by atoms with van der Waals surface area (Å²) < 4.78 is 6.98. The van der Waals surface area contributed by atoms with E-state index in [9.17, 15) is 4.79 Å². The molecule has 0 saturated heterocycles.